The summed E-state index contributed by atoms with van der Waals surface area (Å²) in [6, 6.07) is 2.01. The van der Waals surface area contributed by atoms with Crippen LogP contribution in [0.25, 0.3) is 0 Å². The Kier molecular flexibility index (Phi) is 4.38. The molecule has 0 spiro atoms. The minimum atomic E-state index is -0.160. The molecule has 1 amide bonds. The van der Waals surface area contributed by atoms with Crippen LogP contribution in [-0.2, 0) is 0 Å². The minimum Gasteiger partial charge on any atom is -0.381 e. The fourth-order valence-electron chi connectivity index (χ4n) is 2.82. The Balaban J connectivity index is 1.73. The van der Waals surface area contributed by atoms with Gasteiger partial charge in [0.25, 0.3) is 5.91 Å². The summed E-state index contributed by atoms with van der Waals surface area (Å²) in [5, 5.41) is 6.60. The molecule has 0 saturated carbocycles. The lowest BCUT2D eigenvalue weighted by Gasteiger charge is -2.24. The van der Waals surface area contributed by atoms with Crippen molar-refractivity contribution >= 4 is 29.0 Å². The van der Waals surface area contributed by atoms with E-state index in [4.69, 9.17) is 17.3 Å². The number of hydrogen-bond donors (Lipinski definition) is 2. The van der Waals surface area contributed by atoms with Crippen LogP contribution >= 0.6 is 11.6 Å². The van der Waals surface area contributed by atoms with Gasteiger partial charge in [-0.1, -0.05) is 11.6 Å². The number of nitrogens with zero attached hydrogens (tertiary/aromatic N) is 4. The van der Waals surface area contributed by atoms with Crippen molar-refractivity contribution in [2.24, 2.45) is 0 Å². The summed E-state index contributed by atoms with van der Waals surface area (Å²) in [5.41, 5.74) is 8.16. The number of aromatic nitrogens is 3. The van der Waals surface area contributed by atoms with E-state index < -0.39 is 0 Å². The van der Waals surface area contributed by atoms with Gasteiger partial charge in [0.05, 0.1) is 0 Å². The number of nitrogens with two attached hydrogens (primary N) is 1. The molecule has 1 aliphatic rings. The van der Waals surface area contributed by atoms with Crippen LogP contribution < -0.4 is 10.6 Å². The molecule has 0 aromatic carbocycles. The Bertz CT molecular complexity index is 716. The first-order chi connectivity index (χ1) is 11.1. The molecule has 23 heavy (non-hydrogen) atoms. The van der Waals surface area contributed by atoms with E-state index in [1.54, 1.807) is 11.1 Å². The number of rotatable bonds is 2. The highest BCUT2D eigenvalue weighted by Gasteiger charge is 2.25. The molecule has 0 atom stereocenters. The van der Waals surface area contributed by atoms with Crippen molar-refractivity contribution in [3.05, 3.63) is 34.7 Å². The van der Waals surface area contributed by atoms with Crippen molar-refractivity contribution in [2.45, 2.75) is 13.3 Å². The van der Waals surface area contributed by atoms with Crippen molar-refractivity contribution < 1.29 is 4.79 Å². The number of nitrogen functional groups attached to an aromatic ring is 1. The number of halogens is 1. The highest BCUT2D eigenvalue weighted by atomic mass is 35.5. The van der Waals surface area contributed by atoms with E-state index >= 15 is 0 Å². The standard InChI is InChI=1S/C15H19ClN6O/c1-10-9-18-4-3-11(10)21-5-2-6-22(8-7-21)15(23)13-12(16)14(17)20-19-13/h3-4,9H,2,5-8H2,1H3,(H3,17,19,20). The zero-order valence-electron chi connectivity index (χ0n) is 12.9. The second kappa shape index (κ2) is 6.45. The molecule has 0 aliphatic carbocycles. The average molecular weight is 335 g/mol. The maximum atomic E-state index is 12.6. The monoisotopic (exact) mass is 334 g/mol. The zero-order chi connectivity index (χ0) is 16.4. The number of carbonyl (C=O) groups is 1. The van der Waals surface area contributed by atoms with Gasteiger partial charge < -0.3 is 15.5 Å². The molecule has 122 valence electrons. The smallest absolute Gasteiger partial charge is 0.273 e. The quantitative estimate of drug-likeness (QED) is 0.872. The fraction of sp³-hybridized carbons (Fsp3) is 0.400. The highest BCUT2D eigenvalue weighted by Crippen LogP contribution is 2.23. The minimum absolute atomic E-state index is 0.152. The van der Waals surface area contributed by atoms with Gasteiger partial charge in [-0.15, -0.1) is 0 Å². The normalized spacial score (nSPS) is 15.6. The highest BCUT2D eigenvalue weighted by molar-refractivity contribution is 6.35. The van der Waals surface area contributed by atoms with E-state index in [1.165, 1.54) is 0 Å². The first-order valence-electron chi connectivity index (χ1n) is 7.52. The van der Waals surface area contributed by atoms with Gasteiger partial charge in [0.1, 0.15) is 10.7 Å². The Hall–Kier alpha value is -2.28. The predicted molar refractivity (Wildman–Crippen MR) is 89.7 cm³/mol. The first kappa shape index (κ1) is 15.6. The Morgan fingerprint density at radius 1 is 1.35 bits per heavy atom. The molecule has 1 aliphatic heterocycles. The average Bonchev–Trinajstić information content (AvgIpc) is 2.77. The lowest BCUT2D eigenvalue weighted by Crippen LogP contribution is -2.35. The number of aromatic amines is 1. The van der Waals surface area contributed by atoms with Crippen LogP contribution in [0.1, 0.15) is 22.5 Å². The summed E-state index contributed by atoms with van der Waals surface area (Å²) in [4.78, 5) is 20.8. The summed E-state index contributed by atoms with van der Waals surface area (Å²) in [6.07, 6.45) is 4.54. The third-order valence-electron chi connectivity index (χ3n) is 4.06. The summed E-state index contributed by atoms with van der Waals surface area (Å²) in [5.74, 6) is -0.00799. The number of anilines is 2. The second-order valence-corrected chi connectivity index (χ2v) is 5.97. The zero-order valence-corrected chi connectivity index (χ0v) is 13.7. The largest absolute Gasteiger partial charge is 0.381 e. The lowest BCUT2D eigenvalue weighted by molar-refractivity contribution is 0.0761. The lowest BCUT2D eigenvalue weighted by atomic mass is 10.2. The van der Waals surface area contributed by atoms with Gasteiger partial charge in [0, 0.05) is 44.3 Å². The van der Waals surface area contributed by atoms with Gasteiger partial charge in [-0.05, 0) is 25.0 Å². The van der Waals surface area contributed by atoms with E-state index in [1.807, 2.05) is 19.2 Å². The van der Waals surface area contributed by atoms with Crippen LogP contribution in [0.3, 0.4) is 0 Å². The molecule has 0 unspecified atom stereocenters. The van der Waals surface area contributed by atoms with Crippen LogP contribution in [0, 0.1) is 6.92 Å². The fourth-order valence-corrected chi connectivity index (χ4v) is 2.99. The van der Waals surface area contributed by atoms with Crippen LogP contribution in [-0.4, -0.2) is 52.2 Å². The maximum absolute atomic E-state index is 12.6. The van der Waals surface area contributed by atoms with Crippen molar-refractivity contribution in [1.29, 1.82) is 0 Å². The van der Waals surface area contributed by atoms with Crippen LogP contribution in [0.5, 0.6) is 0 Å². The maximum Gasteiger partial charge on any atom is 0.273 e. The van der Waals surface area contributed by atoms with E-state index in [0.717, 1.165) is 30.8 Å². The van der Waals surface area contributed by atoms with Gasteiger partial charge in [0.2, 0.25) is 0 Å². The van der Waals surface area contributed by atoms with E-state index in [2.05, 4.69) is 20.1 Å². The molecule has 3 heterocycles. The van der Waals surface area contributed by atoms with Gasteiger partial charge in [0.15, 0.2) is 5.82 Å². The Morgan fingerprint density at radius 2 is 2.17 bits per heavy atom. The summed E-state index contributed by atoms with van der Waals surface area (Å²) >= 11 is 6.03. The van der Waals surface area contributed by atoms with Crippen molar-refractivity contribution in [3.8, 4) is 0 Å². The molecule has 3 N–H and O–H groups in total. The third kappa shape index (κ3) is 3.10. The molecule has 2 aromatic heterocycles. The molecule has 1 saturated heterocycles. The number of H-pyrrole nitrogens is 1. The molecular formula is C15H19ClN6O. The Morgan fingerprint density at radius 3 is 2.87 bits per heavy atom. The number of carbonyl (C=O) groups excluding carboxylic acids is 1. The second-order valence-electron chi connectivity index (χ2n) is 5.59. The predicted octanol–water partition coefficient (Wildman–Crippen LogP) is 1.70. The topological polar surface area (TPSA) is 91.1 Å². The third-order valence-corrected chi connectivity index (χ3v) is 4.44. The SMILES string of the molecule is Cc1cnccc1N1CCCN(C(=O)c2[nH]nc(N)c2Cl)CC1. The molecule has 2 aromatic rings. The van der Waals surface area contributed by atoms with Gasteiger partial charge in [-0.25, -0.2) is 0 Å². The summed E-state index contributed by atoms with van der Waals surface area (Å²) in [6.45, 7) is 5.00. The molecule has 8 heteroatoms. The number of aryl methyl sites for hydroxylation is 1. The van der Waals surface area contributed by atoms with Crippen molar-refractivity contribution in [2.75, 3.05) is 36.8 Å². The van der Waals surface area contributed by atoms with E-state index in [9.17, 15) is 4.79 Å². The molecule has 0 bridgehead atoms. The molecular weight excluding hydrogens is 316 g/mol. The van der Waals surface area contributed by atoms with Crippen LogP contribution in [0.15, 0.2) is 18.5 Å². The van der Waals surface area contributed by atoms with Crippen LogP contribution in [0.4, 0.5) is 11.5 Å². The molecule has 3 rings (SSSR count). The van der Waals surface area contributed by atoms with Crippen molar-refractivity contribution in [3.63, 3.8) is 0 Å². The van der Waals surface area contributed by atoms with Crippen molar-refractivity contribution in [1.82, 2.24) is 20.1 Å². The van der Waals surface area contributed by atoms with Gasteiger partial charge >= 0.3 is 0 Å². The molecule has 0 radical (unpaired) electrons. The number of hydrogen-bond acceptors (Lipinski definition) is 5. The molecule has 1 fully saturated rings. The number of nitrogens with one attached hydrogen (secondary N) is 1. The Labute approximate surface area is 139 Å². The van der Waals surface area contributed by atoms with Gasteiger partial charge in [-0.2, -0.15) is 5.10 Å². The number of amides is 1. The summed E-state index contributed by atoms with van der Waals surface area (Å²) < 4.78 is 0. The van der Waals surface area contributed by atoms with E-state index in [-0.39, 0.29) is 22.4 Å². The molecule has 7 nitrogen and oxygen atoms in total. The summed E-state index contributed by atoms with van der Waals surface area (Å²) in [7, 11) is 0. The van der Waals surface area contributed by atoms with E-state index in [0.29, 0.717) is 13.1 Å². The number of pyridine rings is 1. The van der Waals surface area contributed by atoms with Crippen LogP contribution in [0.2, 0.25) is 5.02 Å². The van der Waals surface area contributed by atoms with Gasteiger partial charge in [-0.3, -0.25) is 14.9 Å². The first-order valence-corrected chi connectivity index (χ1v) is 7.90.